The molecule has 0 spiro atoms. The quantitative estimate of drug-likeness (QED) is 0.733. The van der Waals surface area contributed by atoms with Gasteiger partial charge in [-0.3, -0.25) is 9.59 Å². The Bertz CT molecular complexity index is 869. The highest BCUT2D eigenvalue weighted by Crippen LogP contribution is 2.28. The van der Waals surface area contributed by atoms with Crippen LogP contribution in [0.5, 0.6) is 0 Å². The minimum absolute atomic E-state index is 0.0797. The zero-order chi connectivity index (χ0) is 16.9. The van der Waals surface area contributed by atoms with E-state index in [0.29, 0.717) is 0 Å². The molecule has 0 saturated carbocycles. The fourth-order valence-corrected chi connectivity index (χ4v) is 2.74. The highest BCUT2D eigenvalue weighted by Gasteiger charge is 2.13. The highest BCUT2D eigenvalue weighted by molar-refractivity contribution is 5.89. The van der Waals surface area contributed by atoms with Gasteiger partial charge in [0, 0.05) is 23.1 Å². The maximum absolute atomic E-state index is 12.2. The maximum atomic E-state index is 12.2. The number of carboxylic acids is 1. The van der Waals surface area contributed by atoms with Crippen molar-refractivity contribution in [1.29, 1.82) is 0 Å². The van der Waals surface area contributed by atoms with Crippen LogP contribution in [0.4, 0.5) is 0 Å². The molecule has 2 N–H and O–H groups in total. The van der Waals surface area contributed by atoms with Crippen molar-refractivity contribution in [3.8, 4) is 11.3 Å². The average molecular weight is 322 g/mol. The zero-order valence-corrected chi connectivity index (χ0v) is 13.1. The van der Waals surface area contributed by atoms with Crippen molar-refractivity contribution in [3.63, 3.8) is 0 Å². The smallest absolute Gasteiger partial charge is 0.305 e. The molecule has 1 heterocycles. The fraction of sp³-hybridized carbons (Fsp3) is 0.158. The molecule has 24 heavy (non-hydrogen) atoms. The summed E-state index contributed by atoms with van der Waals surface area (Å²) in [4.78, 5) is 22.7. The third kappa shape index (κ3) is 3.46. The number of rotatable bonds is 6. The molecule has 3 aromatic rings. The second-order valence-corrected chi connectivity index (χ2v) is 5.53. The van der Waals surface area contributed by atoms with Gasteiger partial charge >= 0.3 is 5.97 Å². The van der Waals surface area contributed by atoms with Crippen LogP contribution >= 0.6 is 0 Å². The van der Waals surface area contributed by atoms with Crippen molar-refractivity contribution >= 4 is 22.8 Å². The number of carbonyl (C=O) groups excluding carboxylic acids is 1. The standard InChI is InChI=1S/C19H18N2O3/c22-18(20-11-10-19(23)24)13-21-16-9-5-4-8-15(16)12-17(21)14-6-2-1-3-7-14/h1-9,12H,10-11,13H2,(H,20,22)(H,23,24). The minimum atomic E-state index is -0.924. The molecule has 122 valence electrons. The van der Waals surface area contributed by atoms with Gasteiger partial charge in [0.05, 0.1) is 6.42 Å². The fourth-order valence-electron chi connectivity index (χ4n) is 2.74. The second kappa shape index (κ2) is 7.00. The van der Waals surface area contributed by atoms with Crippen LogP contribution in [0.2, 0.25) is 0 Å². The summed E-state index contributed by atoms with van der Waals surface area (Å²) in [6.45, 7) is 0.283. The van der Waals surface area contributed by atoms with E-state index in [1.54, 1.807) is 0 Å². The molecule has 0 unspecified atom stereocenters. The number of hydrogen-bond donors (Lipinski definition) is 2. The number of carboxylic acid groups (broad SMARTS) is 1. The third-order valence-corrected chi connectivity index (χ3v) is 3.84. The lowest BCUT2D eigenvalue weighted by Gasteiger charge is -2.11. The number of nitrogens with zero attached hydrogens (tertiary/aromatic N) is 1. The van der Waals surface area contributed by atoms with Gasteiger partial charge in [0.2, 0.25) is 5.91 Å². The number of hydrogen-bond acceptors (Lipinski definition) is 2. The molecule has 2 aromatic carbocycles. The predicted molar refractivity (Wildman–Crippen MR) is 92.6 cm³/mol. The lowest BCUT2D eigenvalue weighted by molar-refractivity contribution is -0.136. The van der Waals surface area contributed by atoms with Gasteiger partial charge in [0.25, 0.3) is 0 Å². The Morgan fingerprint density at radius 2 is 1.71 bits per heavy atom. The monoisotopic (exact) mass is 322 g/mol. The Labute approximate surface area is 139 Å². The van der Waals surface area contributed by atoms with E-state index in [9.17, 15) is 9.59 Å². The topological polar surface area (TPSA) is 71.3 Å². The number of aromatic nitrogens is 1. The molecule has 5 nitrogen and oxygen atoms in total. The number of benzene rings is 2. The largest absolute Gasteiger partial charge is 0.481 e. The molecule has 0 saturated heterocycles. The summed E-state index contributed by atoms with van der Waals surface area (Å²) in [7, 11) is 0. The summed E-state index contributed by atoms with van der Waals surface area (Å²) in [5, 5.41) is 12.4. The molecule has 1 aromatic heterocycles. The lowest BCUT2D eigenvalue weighted by Crippen LogP contribution is -2.29. The first-order chi connectivity index (χ1) is 11.6. The van der Waals surface area contributed by atoms with Gasteiger partial charge in [-0.1, -0.05) is 48.5 Å². The molecule has 3 rings (SSSR count). The van der Waals surface area contributed by atoms with Crippen LogP contribution < -0.4 is 5.32 Å². The third-order valence-electron chi connectivity index (χ3n) is 3.84. The first-order valence-corrected chi connectivity index (χ1v) is 7.77. The zero-order valence-electron chi connectivity index (χ0n) is 13.1. The first-order valence-electron chi connectivity index (χ1n) is 7.77. The van der Waals surface area contributed by atoms with Crippen molar-refractivity contribution in [2.75, 3.05) is 6.54 Å². The van der Waals surface area contributed by atoms with Crippen LogP contribution in [0.1, 0.15) is 6.42 Å². The Hall–Kier alpha value is -3.08. The molecule has 0 aliphatic carbocycles. The van der Waals surface area contributed by atoms with Gasteiger partial charge < -0.3 is 15.0 Å². The van der Waals surface area contributed by atoms with E-state index in [1.807, 2.05) is 59.2 Å². The number of fused-ring (bicyclic) bond motifs is 1. The van der Waals surface area contributed by atoms with Crippen molar-refractivity contribution < 1.29 is 14.7 Å². The number of carbonyl (C=O) groups is 2. The van der Waals surface area contributed by atoms with Crippen molar-refractivity contribution in [2.45, 2.75) is 13.0 Å². The Morgan fingerprint density at radius 3 is 2.46 bits per heavy atom. The normalized spacial score (nSPS) is 10.7. The van der Waals surface area contributed by atoms with Gasteiger partial charge in [-0.2, -0.15) is 0 Å². The summed E-state index contributed by atoms with van der Waals surface area (Å²) in [5.74, 6) is -1.12. The summed E-state index contributed by atoms with van der Waals surface area (Å²) >= 11 is 0. The van der Waals surface area contributed by atoms with Gasteiger partial charge in [-0.05, 0) is 17.7 Å². The number of nitrogens with one attached hydrogen (secondary N) is 1. The molecular formula is C19H18N2O3. The van der Waals surface area contributed by atoms with Crippen LogP contribution in [0, 0.1) is 0 Å². The van der Waals surface area contributed by atoms with Crippen molar-refractivity contribution in [3.05, 3.63) is 60.7 Å². The molecule has 1 amide bonds. The molecular weight excluding hydrogens is 304 g/mol. The van der Waals surface area contributed by atoms with Gasteiger partial charge in [-0.25, -0.2) is 0 Å². The number of amides is 1. The highest BCUT2D eigenvalue weighted by atomic mass is 16.4. The summed E-state index contributed by atoms with van der Waals surface area (Å²) in [5.41, 5.74) is 2.97. The van der Waals surface area contributed by atoms with E-state index in [1.165, 1.54) is 0 Å². The molecule has 0 fully saturated rings. The first kappa shape index (κ1) is 15.8. The van der Waals surface area contributed by atoms with E-state index < -0.39 is 5.97 Å². The van der Waals surface area contributed by atoms with Crippen LogP contribution in [-0.2, 0) is 16.1 Å². The van der Waals surface area contributed by atoms with Crippen LogP contribution in [-0.4, -0.2) is 28.1 Å². The van der Waals surface area contributed by atoms with E-state index in [-0.39, 0.29) is 25.4 Å². The van der Waals surface area contributed by atoms with Crippen molar-refractivity contribution in [2.24, 2.45) is 0 Å². The summed E-state index contributed by atoms with van der Waals surface area (Å²) in [6, 6.07) is 19.9. The average Bonchev–Trinajstić information content (AvgIpc) is 2.94. The van der Waals surface area contributed by atoms with Crippen LogP contribution in [0.25, 0.3) is 22.2 Å². The van der Waals surface area contributed by atoms with Crippen LogP contribution in [0.3, 0.4) is 0 Å². The molecule has 0 aliphatic heterocycles. The number of aliphatic carboxylic acids is 1. The molecule has 0 atom stereocenters. The predicted octanol–water partition coefficient (Wildman–Crippen LogP) is 2.90. The number of para-hydroxylation sites is 1. The van der Waals surface area contributed by atoms with E-state index >= 15 is 0 Å². The minimum Gasteiger partial charge on any atom is -0.481 e. The molecule has 5 heteroatoms. The Balaban J connectivity index is 1.91. The van der Waals surface area contributed by atoms with Crippen molar-refractivity contribution in [1.82, 2.24) is 9.88 Å². The maximum Gasteiger partial charge on any atom is 0.305 e. The molecule has 0 bridgehead atoms. The van der Waals surface area contributed by atoms with Gasteiger partial charge in [-0.15, -0.1) is 0 Å². The summed E-state index contributed by atoms with van der Waals surface area (Å²) in [6.07, 6.45) is -0.0797. The second-order valence-electron chi connectivity index (χ2n) is 5.53. The Morgan fingerprint density at radius 1 is 1.00 bits per heavy atom. The summed E-state index contributed by atoms with van der Waals surface area (Å²) < 4.78 is 1.96. The Kier molecular flexibility index (Phi) is 4.61. The van der Waals surface area contributed by atoms with E-state index in [2.05, 4.69) is 11.4 Å². The SMILES string of the molecule is O=C(O)CCNC(=O)Cn1c(-c2ccccc2)cc2ccccc21. The van der Waals surface area contributed by atoms with Gasteiger partial charge in [0.1, 0.15) is 6.54 Å². The lowest BCUT2D eigenvalue weighted by atomic mass is 10.1. The van der Waals surface area contributed by atoms with E-state index in [4.69, 9.17) is 5.11 Å². The van der Waals surface area contributed by atoms with Crippen LogP contribution in [0.15, 0.2) is 60.7 Å². The van der Waals surface area contributed by atoms with E-state index in [0.717, 1.165) is 22.2 Å². The molecule has 0 radical (unpaired) electrons. The van der Waals surface area contributed by atoms with Gasteiger partial charge in [0.15, 0.2) is 0 Å². The molecule has 0 aliphatic rings.